The second kappa shape index (κ2) is 2.73. The second-order valence-corrected chi connectivity index (χ2v) is 5.97. The van der Waals surface area contributed by atoms with Gasteiger partial charge in [0, 0.05) is 24.5 Å². The van der Waals surface area contributed by atoms with E-state index in [2.05, 4.69) is 18.7 Å². The lowest BCUT2D eigenvalue weighted by atomic mass is 10.1. The third kappa shape index (κ3) is 1.49. The van der Waals surface area contributed by atoms with Crippen molar-refractivity contribution in [2.45, 2.75) is 51.2 Å². The van der Waals surface area contributed by atoms with Crippen LogP contribution in [0.3, 0.4) is 0 Å². The first-order valence-electron chi connectivity index (χ1n) is 6.01. The first-order valence-corrected chi connectivity index (χ1v) is 6.01. The number of rotatable bonds is 1. The molecular weight excluding hydrogens is 174 g/mol. The molecule has 3 aliphatic rings. The Kier molecular flexibility index (Phi) is 1.79. The van der Waals surface area contributed by atoms with Crippen molar-refractivity contribution >= 4 is 0 Å². The number of nitrogens with zero attached hydrogens (tertiary/aromatic N) is 1. The summed E-state index contributed by atoms with van der Waals surface area (Å²) >= 11 is 0. The minimum atomic E-state index is 0.288. The van der Waals surface area contributed by atoms with Crippen LogP contribution in [0.4, 0.5) is 0 Å². The summed E-state index contributed by atoms with van der Waals surface area (Å²) in [6.45, 7) is 8.14. The van der Waals surface area contributed by atoms with Crippen molar-refractivity contribution in [2.24, 2.45) is 5.41 Å². The molecule has 3 fully saturated rings. The van der Waals surface area contributed by atoms with E-state index >= 15 is 0 Å². The molecule has 0 radical (unpaired) electrons. The summed E-state index contributed by atoms with van der Waals surface area (Å²) in [7, 11) is 0. The van der Waals surface area contributed by atoms with E-state index in [4.69, 9.17) is 4.74 Å². The molecule has 0 unspecified atom stereocenters. The summed E-state index contributed by atoms with van der Waals surface area (Å²) in [6, 6.07) is 0.687. The molecule has 80 valence electrons. The molecule has 2 nitrogen and oxygen atoms in total. The van der Waals surface area contributed by atoms with Crippen LogP contribution in [0, 0.1) is 5.41 Å². The fourth-order valence-electron chi connectivity index (χ4n) is 2.54. The maximum Gasteiger partial charge on any atom is 0.0811 e. The van der Waals surface area contributed by atoms with Gasteiger partial charge in [-0.15, -0.1) is 0 Å². The molecule has 2 saturated carbocycles. The van der Waals surface area contributed by atoms with E-state index in [1.165, 1.54) is 38.8 Å². The highest BCUT2D eigenvalue weighted by molar-refractivity contribution is 5.06. The Balaban J connectivity index is 1.76. The van der Waals surface area contributed by atoms with Crippen molar-refractivity contribution in [1.29, 1.82) is 0 Å². The van der Waals surface area contributed by atoms with Crippen molar-refractivity contribution < 1.29 is 4.74 Å². The zero-order chi connectivity index (χ0) is 9.81. The van der Waals surface area contributed by atoms with Crippen LogP contribution in [0.25, 0.3) is 0 Å². The van der Waals surface area contributed by atoms with Gasteiger partial charge in [-0.25, -0.2) is 0 Å². The molecule has 1 saturated heterocycles. The van der Waals surface area contributed by atoms with Crippen molar-refractivity contribution in [3.05, 3.63) is 0 Å². The Labute approximate surface area is 86.6 Å². The van der Waals surface area contributed by atoms with Gasteiger partial charge in [-0.2, -0.15) is 0 Å². The Morgan fingerprint density at radius 2 is 1.79 bits per heavy atom. The van der Waals surface area contributed by atoms with Crippen molar-refractivity contribution in [3.8, 4) is 0 Å². The van der Waals surface area contributed by atoms with Crippen LogP contribution >= 0.6 is 0 Å². The van der Waals surface area contributed by atoms with Gasteiger partial charge in [0.2, 0.25) is 0 Å². The van der Waals surface area contributed by atoms with Gasteiger partial charge in [0.1, 0.15) is 0 Å². The minimum Gasteiger partial charge on any atom is -0.373 e. The largest absolute Gasteiger partial charge is 0.373 e. The van der Waals surface area contributed by atoms with E-state index in [1.807, 2.05) is 0 Å². The van der Waals surface area contributed by atoms with Gasteiger partial charge in [0.25, 0.3) is 0 Å². The summed E-state index contributed by atoms with van der Waals surface area (Å²) in [5.74, 6) is 0. The zero-order valence-corrected chi connectivity index (χ0v) is 9.38. The molecular formula is C12H21NO. The van der Waals surface area contributed by atoms with E-state index < -0.39 is 0 Å². The van der Waals surface area contributed by atoms with Gasteiger partial charge in [-0.1, -0.05) is 0 Å². The second-order valence-electron chi connectivity index (χ2n) is 5.97. The molecule has 0 amide bonds. The van der Waals surface area contributed by atoms with Gasteiger partial charge in [-0.3, -0.25) is 4.90 Å². The van der Waals surface area contributed by atoms with E-state index in [0.717, 1.165) is 6.61 Å². The van der Waals surface area contributed by atoms with Gasteiger partial charge >= 0.3 is 0 Å². The highest BCUT2D eigenvalue weighted by Crippen LogP contribution is 2.52. The van der Waals surface area contributed by atoms with Gasteiger partial charge < -0.3 is 4.74 Å². The van der Waals surface area contributed by atoms with Crippen LogP contribution in [0.1, 0.15) is 39.5 Å². The molecule has 1 heterocycles. The van der Waals surface area contributed by atoms with E-state index in [0.29, 0.717) is 11.5 Å². The highest BCUT2D eigenvalue weighted by Gasteiger charge is 2.54. The van der Waals surface area contributed by atoms with E-state index in [1.54, 1.807) is 0 Å². The summed E-state index contributed by atoms with van der Waals surface area (Å²) in [6.07, 6.45) is 5.39. The quantitative estimate of drug-likeness (QED) is 0.635. The predicted molar refractivity (Wildman–Crippen MR) is 56.3 cm³/mol. The predicted octanol–water partition coefficient (Wildman–Crippen LogP) is 2.04. The van der Waals surface area contributed by atoms with Crippen molar-refractivity contribution in [2.75, 3.05) is 19.7 Å². The summed E-state index contributed by atoms with van der Waals surface area (Å²) in [4.78, 5) is 2.65. The fraction of sp³-hybridized carbons (Fsp3) is 1.00. The lowest BCUT2D eigenvalue weighted by Crippen LogP contribution is -2.39. The Morgan fingerprint density at radius 1 is 1.07 bits per heavy atom. The summed E-state index contributed by atoms with van der Waals surface area (Å²) < 4.78 is 6.12. The molecule has 2 spiro atoms. The molecule has 0 aromatic heterocycles. The Morgan fingerprint density at radius 3 is 2.29 bits per heavy atom. The number of hydrogen-bond donors (Lipinski definition) is 0. The summed E-state index contributed by atoms with van der Waals surface area (Å²) in [5, 5.41) is 0. The standard InChI is InChI=1S/C12H21NO/c1-10(2)13-7-11(3-4-11)9-14-12(8-13)5-6-12/h10H,3-9H2,1-2H3. The normalized spacial score (nSPS) is 33.6. The third-order valence-corrected chi connectivity index (χ3v) is 4.21. The average Bonchev–Trinajstić information content (AvgIpc) is 3.00. The zero-order valence-electron chi connectivity index (χ0n) is 9.38. The maximum atomic E-state index is 6.12. The SMILES string of the molecule is CC(C)N1CC2(CC2)COC2(CC2)C1. The molecule has 0 aromatic rings. The van der Waals surface area contributed by atoms with E-state index in [9.17, 15) is 0 Å². The molecule has 1 aliphatic heterocycles. The minimum absolute atomic E-state index is 0.288. The van der Waals surface area contributed by atoms with Crippen LogP contribution in [-0.4, -0.2) is 36.2 Å². The van der Waals surface area contributed by atoms with Crippen LogP contribution in [0.2, 0.25) is 0 Å². The Bertz CT molecular complexity index is 219. The fourth-order valence-corrected chi connectivity index (χ4v) is 2.54. The number of hydrogen-bond acceptors (Lipinski definition) is 2. The number of ether oxygens (including phenoxy) is 1. The molecule has 0 N–H and O–H groups in total. The van der Waals surface area contributed by atoms with Crippen LogP contribution in [0.5, 0.6) is 0 Å². The Hall–Kier alpha value is -0.0800. The first-order chi connectivity index (χ1) is 6.63. The molecule has 0 aromatic carbocycles. The van der Waals surface area contributed by atoms with Crippen LogP contribution in [0.15, 0.2) is 0 Å². The monoisotopic (exact) mass is 195 g/mol. The first kappa shape index (κ1) is 9.17. The molecule has 2 heteroatoms. The van der Waals surface area contributed by atoms with Crippen LogP contribution in [-0.2, 0) is 4.74 Å². The third-order valence-electron chi connectivity index (χ3n) is 4.21. The van der Waals surface area contributed by atoms with Crippen molar-refractivity contribution in [1.82, 2.24) is 4.90 Å². The highest BCUT2D eigenvalue weighted by atomic mass is 16.5. The lowest BCUT2D eigenvalue weighted by Gasteiger charge is -2.28. The van der Waals surface area contributed by atoms with Crippen LogP contribution < -0.4 is 0 Å². The smallest absolute Gasteiger partial charge is 0.0811 e. The topological polar surface area (TPSA) is 12.5 Å². The molecule has 0 bridgehead atoms. The molecule has 0 atom stereocenters. The van der Waals surface area contributed by atoms with E-state index in [-0.39, 0.29) is 5.60 Å². The van der Waals surface area contributed by atoms with Gasteiger partial charge in [0.05, 0.1) is 12.2 Å². The lowest BCUT2D eigenvalue weighted by molar-refractivity contribution is 0.0174. The molecule has 2 aliphatic carbocycles. The van der Waals surface area contributed by atoms with Gasteiger partial charge in [0.15, 0.2) is 0 Å². The molecule has 14 heavy (non-hydrogen) atoms. The maximum absolute atomic E-state index is 6.12. The molecule has 3 rings (SSSR count). The summed E-state index contributed by atoms with van der Waals surface area (Å²) in [5.41, 5.74) is 0.854. The van der Waals surface area contributed by atoms with Gasteiger partial charge in [-0.05, 0) is 39.5 Å². The average molecular weight is 195 g/mol. The van der Waals surface area contributed by atoms with Crippen molar-refractivity contribution in [3.63, 3.8) is 0 Å².